The Morgan fingerprint density at radius 2 is 1.70 bits per heavy atom. The van der Waals surface area contributed by atoms with Crippen molar-refractivity contribution in [3.05, 3.63) is 65.2 Å². The lowest BCUT2D eigenvalue weighted by Crippen LogP contribution is -2.59. The highest BCUT2D eigenvalue weighted by Crippen LogP contribution is 2.39. The first-order valence-corrected chi connectivity index (χ1v) is 13.4. The van der Waals surface area contributed by atoms with Crippen molar-refractivity contribution in [3.63, 3.8) is 0 Å². The summed E-state index contributed by atoms with van der Waals surface area (Å²) in [5.41, 5.74) is 3.15. The summed E-state index contributed by atoms with van der Waals surface area (Å²) in [5, 5.41) is 0. The first kappa shape index (κ1) is 26.0. The van der Waals surface area contributed by atoms with Gasteiger partial charge in [-0.25, -0.2) is 0 Å². The zero-order valence-electron chi connectivity index (χ0n) is 21.5. The summed E-state index contributed by atoms with van der Waals surface area (Å²) in [5.74, 6) is -0.0225. The van der Waals surface area contributed by atoms with E-state index in [1.807, 2.05) is 47.4 Å². The van der Waals surface area contributed by atoms with Gasteiger partial charge in [-0.2, -0.15) is 13.2 Å². The standard InChI is InChI=1S/C29H36F3N3O2/c1-22-18-24(10-11-25(22)34-14-6-3-7-15-34)27(36)35-16-12-28(13-17-35)20-33(21-29(30,31)32)19-26(37-28)23-8-4-2-5-9-23/h2,4-5,8-11,18,26H,3,6-7,12-17,19-21H2,1H3. The Morgan fingerprint density at radius 1 is 1.00 bits per heavy atom. The van der Waals surface area contributed by atoms with Gasteiger partial charge in [0.15, 0.2) is 0 Å². The second-order valence-corrected chi connectivity index (χ2v) is 10.8. The molecule has 5 nitrogen and oxygen atoms in total. The number of amides is 1. The third-order valence-corrected chi connectivity index (χ3v) is 8.00. The van der Waals surface area contributed by atoms with Gasteiger partial charge in [0.25, 0.3) is 5.91 Å². The Kier molecular flexibility index (Phi) is 7.50. The van der Waals surface area contributed by atoms with Crippen molar-refractivity contribution in [2.75, 3.05) is 50.7 Å². The molecule has 8 heteroatoms. The number of carbonyl (C=O) groups excluding carboxylic acids is 1. The molecule has 0 bridgehead atoms. The number of aryl methyl sites for hydroxylation is 1. The van der Waals surface area contributed by atoms with Crippen LogP contribution in [0.3, 0.4) is 0 Å². The third kappa shape index (κ3) is 6.12. The van der Waals surface area contributed by atoms with Crippen molar-refractivity contribution in [2.24, 2.45) is 0 Å². The predicted molar refractivity (Wildman–Crippen MR) is 138 cm³/mol. The van der Waals surface area contributed by atoms with E-state index in [0.29, 0.717) is 31.5 Å². The fraction of sp³-hybridized carbons (Fsp3) is 0.552. The molecule has 3 fully saturated rings. The minimum absolute atomic E-state index is 0.0225. The Bertz CT molecular complexity index is 1080. The van der Waals surface area contributed by atoms with E-state index in [1.165, 1.54) is 29.8 Å². The minimum Gasteiger partial charge on any atom is -0.371 e. The van der Waals surface area contributed by atoms with E-state index in [0.717, 1.165) is 24.2 Å². The second kappa shape index (κ2) is 10.7. The topological polar surface area (TPSA) is 36.0 Å². The van der Waals surface area contributed by atoms with Crippen LogP contribution in [0.4, 0.5) is 18.9 Å². The molecule has 3 aliphatic rings. The number of alkyl halides is 3. The molecule has 1 amide bonds. The lowest BCUT2D eigenvalue weighted by molar-refractivity contribution is -0.205. The lowest BCUT2D eigenvalue weighted by atomic mass is 9.87. The molecule has 3 aliphatic heterocycles. The second-order valence-electron chi connectivity index (χ2n) is 10.8. The number of ether oxygens (including phenoxy) is 1. The maximum absolute atomic E-state index is 13.4. The molecule has 3 saturated heterocycles. The first-order valence-electron chi connectivity index (χ1n) is 13.4. The van der Waals surface area contributed by atoms with E-state index in [9.17, 15) is 18.0 Å². The summed E-state index contributed by atoms with van der Waals surface area (Å²) in [6, 6.07) is 15.4. The molecule has 0 saturated carbocycles. The van der Waals surface area contributed by atoms with E-state index in [4.69, 9.17) is 4.74 Å². The van der Waals surface area contributed by atoms with Gasteiger partial charge in [0.05, 0.1) is 18.2 Å². The highest BCUT2D eigenvalue weighted by Gasteiger charge is 2.46. The molecule has 0 N–H and O–H groups in total. The molecule has 2 aromatic rings. The fourth-order valence-corrected chi connectivity index (χ4v) is 6.15. The average molecular weight is 516 g/mol. The lowest BCUT2D eigenvalue weighted by Gasteiger charge is -2.50. The number of carbonyl (C=O) groups is 1. The van der Waals surface area contributed by atoms with Gasteiger partial charge in [-0.3, -0.25) is 9.69 Å². The number of piperidine rings is 2. The molecule has 2 aromatic carbocycles. The molecule has 1 unspecified atom stereocenters. The van der Waals surface area contributed by atoms with Gasteiger partial charge in [-0.1, -0.05) is 30.3 Å². The number of benzene rings is 2. The smallest absolute Gasteiger partial charge is 0.371 e. The zero-order chi connectivity index (χ0) is 26.0. The van der Waals surface area contributed by atoms with Crippen LogP contribution in [0.15, 0.2) is 48.5 Å². The summed E-state index contributed by atoms with van der Waals surface area (Å²) < 4.78 is 46.5. The average Bonchev–Trinajstić information content (AvgIpc) is 2.88. The van der Waals surface area contributed by atoms with Gasteiger partial charge in [-0.05, 0) is 68.4 Å². The van der Waals surface area contributed by atoms with Crippen LogP contribution in [0.5, 0.6) is 0 Å². The van der Waals surface area contributed by atoms with Crippen LogP contribution < -0.4 is 4.90 Å². The van der Waals surface area contributed by atoms with E-state index < -0.39 is 24.4 Å². The Balaban J connectivity index is 1.27. The molecule has 5 rings (SSSR count). The molecular formula is C29H36F3N3O2. The van der Waals surface area contributed by atoms with Gasteiger partial charge in [0.1, 0.15) is 0 Å². The largest absolute Gasteiger partial charge is 0.401 e. The first-order chi connectivity index (χ1) is 17.7. The van der Waals surface area contributed by atoms with Gasteiger partial charge < -0.3 is 14.5 Å². The summed E-state index contributed by atoms with van der Waals surface area (Å²) in [7, 11) is 0. The number of likely N-dealkylation sites (tertiary alicyclic amines) is 1. The number of halogens is 3. The highest BCUT2D eigenvalue weighted by molar-refractivity contribution is 5.95. The maximum Gasteiger partial charge on any atom is 0.401 e. The SMILES string of the molecule is Cc1cc(C(=O)N2CCC3(CC2)CN(CC(F)(F)F)CC(c2ccccc2)O3)ccc1N1CCCCC1. The Morgan fingerprint density at radius 3 is 2.35 bits per heavy atom. The molecule has 0 aromatic heterocycles. The molecular weight excluding hydrogens is 479 g/mol. The summed E-state index contributed by atoms with van der Waals surface area (Å²) >= 11 is 0. The van der Waals surface area contributed by atoms with Crippen molar-refractivity contribution in [1.82, 2.24) is 9.80 Å². The van der Waals surface area contributed by atoms with Gasteiger partial charge >= 0.3 is 6.18 Å². The Hall–Kier alpha value is -2.58. The van der Waals surface area contributed by atoms with Crippen molar-refractivity contribution >= 4 is 11.6 Å². The minimum atomic E-state index is -4.27. The normalized spacial score (nSPS) is 22.9. The zero-order valence-corrected chi connectivity index (χ0v) is 21.5. The van der Waals surface area contributed by atoms with Crippen LogP contribution in [-0.4, -0.2) is 73.3 Å². The van der Waals surface area contributed by atoms with Crippen LogP contribution in [0.25, 0.3) is 0 Å². The summed E-state index contributed by atoms with van der Waals surface area (Å²) in [4.78, 5) is 19.1. The van der Waals surface area contributed by atoms with Crippen LogP contribution >= 0.6 is 0 Å². The van der Waals surface area contributed by atoms with Crippen LogP contribution in [-0.2, 0) is 4.74 Å². The van der Waals surface area contributed by atoms with Crippen LogP contribution in [0.2, 0.25) is 0 Å². The molecule has 1 spiro atoms. The number of morpholine rings is 1. The summed E-state index contributed by atoms with van der Waals surface area (Å²) in [6.45, 7) is 4.57. The molecule has 200 valence electrons. The third-order valence-electron chi connectivity index (χ3n) is 8.00. The van der Waals surface area contributed by atoms with E-state index >= 15 is 0 Å². The van der Waals surface area contributed by atoms with Crippen molar-refractivity contribution in [3.8, 4) is 0 Å². The van der Waals surface area contributed by atoms with E-state index in [1.54, 1.807) is 0 Å². The number of anilines is 1. The number of rotatable bonds is 4. The van der Waals surface area contributed by atoms with Gasteiger partial charge in [0.2, 0.25) is 0 Å². The van der Waals surface area contributed by atoms with E-state index in [2.05, 4.69) is 17.9 Å². The molecule has 3 heterocycles. The van der Waals surface area contributed by atoms with Crippen LogP contribution in [0, 0.1) is 6.92 Å². The van der Waals surface area contributed by atoms with Crippen molar-refractivity contribution in [1.29, 1.82) is 0 Å². The van der Waals surface area contributed by atoms with Gasteiger partial charge in [-0.15, -0.1) is 0 Å². The van der Waals surface area contributed by atoms with Crippen molar-refractivity contribution < 1.29 is 22.7 Å². The molecule has 0 aliphatic carbocycles. The quantitative estimate of drug-likeness (QED) is 0.532. The maximum atomic E-state index is 13.4. The highest BCUT2D eigenvalue weighted by atomic mass is 19.4. The van der Waals surface area contributed by atoms with E-state index in [-0.39, 0.29) is 19.0 Å². The number of nitrogens with zero attached hydrogens (tertiary/aromatic N) is 3. The predicted octanol–water partition coefficient (Wildman–Crippen LogP) is 5.60. The van der Waals surface area contributed by atoms with Crippen LogP contribution in [0.1, 0.15) is 59.7 Å². The summed E-state index contributed by atoms with van der Waals surface area (Å²) in [6.07, 6.45) is 0.000274. The number of hydrogen-bond acceptors (Lipinski definition) is 4. The monoisotopic (exact) mass is 515 g/mol. The van der Waals surface area contributed by atoms with Gasteiger partial charge in [0, 0.05) is 50.5 Å². The molecule has 37 heavy (non-hydrogen) atoms. The van der Waals surface area contributed by atoms with Crippen molar-refractivity contribution in [2.45, 2.75) is 56.9 Å². The molecule has 0 radical (unpaired) electrons. The fourth-order valence-electron chi connectivity index (χ4n) is 6.15. The Labute approximate surface area is 217 Å². The number of hydrogen-bond donors (Lipinski definition) is 0. The molecule has 1 atom stereocenters.